The molecule has 1 amide bonds. The fraction of sp³-hybridized carbons (Fsp3) is 0.480. The molecule has 0 unspecified atom stereocenters. The molecule has 5 rings (SSSR count). The minimum absolute atomic E-state index is 0.184. The van der Waals surface area contributed by atoms with Crippen LogP contribution in [-0.2, 0) is 23.0 Å². The van der Waals surface area contributed by atoms with Crippen molar-refractivity contribution in [2.45, 2.75) is 62.8 Å². The number of rotatable bonds is 4. The lowest BCUT2D eigenvalue weighted by molar-refractivity contribution is -0.141. The summed E-state index contributed by atoms with van der Waals surface area (Å²) in [6, 6.07) is 5.32. The summed E-state index contributed by atoms with van der Waals surface area (Å²) in [4.78, 5) is 23.8. The fourth-order valence-electron chi connectivity index (χ4n) is 5.34. The average molecular weight is 569 g/mol. The van der Waals surface area contributed by atoms with Crippen LogP contribution in [0.4, 0.5) is 23.2 Å². The first kappa shape index (κ1) is 25.1. The van der Waals surface area contributed by atoms with Crippen molar-refractivity contribution in [1.29, 1.82) is 0 Å². The Morgan fingerprint density at radius 2 is 1.86 bits per heavy atom. The van der Waals surface area contributed by atoms with Crippen molar-refractivity contribution in [3.8, 4) is 0 Å². The second kappa shape index (κ2) is 8.79. The van der Waals surface area contributed by atoms with Gasteiger partial charge in [-0.05, 0) is 49.9 Å². The topological polar surface area (TPSA) is 77.8 Å². The Morgan fingerprint density at radius 3 is 2.44 bits per heavy atom. The normalized spacial score (nSPS) is 20.8. The van der Waals surface area contributed by atoms with Gasteiger partial charge in [0, 0.05) is 39.8 Å². The van der Waals surface area contributed by atoms with E-state index in [9.17, 15) is 27.5 Å². The van der Waals surface area contributed by atoms with E-state index in [-0.39, 0.29) is 17.3 Å². The van der Waals surface area contributed by atoms with Gasteiger partial charge in [-0.25, -0.2) is 9.37 Å². The number of hydrogen-bond donors (Lipinski definition) is 2. The largest absolute Gasteiger partial charge is 0.433 e. The zero-order valence-electron chi connectivity index (χ0n) is 19.6. The van der Waals surface area contributed by atoms with E-state index in [1.54, 1.807) is 6.07 Å². The molecule has 3 aliphatic rings. The molecule has 2 aromatic rings. The van der Waals surface area contributed by atoms with Crippen LogP contribution in [-0.4, -0.2) is 40.5 Å². The first-order chi connectivity index (χ1) is 17.0. The number of amidine groups is 1. The van der Waals surface area contributed by atoms with Gasteiger partial charge >= 0.3 is 6.18 Å². The number of piperidine rings is 1. The van der Waals surface area contributed by atoms with Crippen LogP contribution in [0.25, 0.3) is 0 Å². The number of nitrogens with one attached hydrogen (secondary N) is 1. The van der Waals surface area contributed by atoms with Crippen LogP contribution in [0.15, 0.2) is 33.7 Å². The monoisotopic (exact) mass is 568 g/mol. The summed E-state index contributed by atoms with van der Waals surface area (Å²) in [5.41, 5.74) is -1.05. The van der Waals surface area contributed by atoms with Crippen molar-refractivity contribution in [3.05, 3.63) is 57.1 Å². The number of aromatic nitrogens is 1. The predicted molar refractivity (Wildman–Crippen MR) is 129 cm³/mol. The zero-order valence-corrected chi connectivity index (χ0v) is 21.1. The van der Waals surface area contributed by atoms with Gasteiger partial charge in [0.1, 0.15) is 22.9 Å². The number of aliphatic imine (C=N–C) groups is 1. The maximum Gasteiger partial charge on any atom is 0.433 e. The Kier molecular flexibility index (Phi) is 6.14. The molecule has 192 valence electrons. The second-order valence-electron chi connectivity index (χ2n) is 9.98. The Morgan fingerprint density at radius 1 is 1.17 bits per heavy atom. The SMILES string of the molecule is CC1(c2nc(C(F)(F)F)ccc2C2=NC3(CCN(c4cc(Br)cc(F)c4CO)CC3)C(=O)N2)CCC1. The third kappa shape index (κ3) is 4.19. The Balaban J connectivity index is 1.45. The average Bonchev–Trinajstić information content (AvgIpc) is 3.12. The van der Waals surface area contributed by atoms with E-state index in [2.05, 4.69) is 26.2 Å². The smallest absolute Gasteiger partial charge is 0.391 e. The summed E-state index contributed by atoms with van der Waals surface area (Å²) in [7, 11) is 0. The predicted octanol–water partition coefficient (Wildman–Crippen LogP) is 4.85. The molecule has 1 aromatic heterocycles. The number of carbonyl (C=O) groups excluding carboxylic acids is 1. The minimum atomic E-state index is -4.57. The quantitative estimate of drug-likeness (QED) is 0.517. The molecule has 6 nitrogen and oxygen atoms in total. The van der Waals surface area contributed by atoms with Crippen molar-refractivity contribution < 1.29 is 27.5 Å². The Hall–Kier alpha value is -2.53. The molecular formula is C25H25BrF4N4O2. The van der Waals surface area contributed by atoms with Crippen molar-refractivity contribution in [2.75, 3.05) is 18.0 Å². The Labute approximate surface area is 213 Å². The molecule has 2 aliphatic heterocycles. The second-order valence-corrected chi connectivity index (χ2v) is 10.9. The van der Waals surface area contributed by atoms with Gasteiger partial charge in [0.25, 0.3) is 5.91 Å². The van der Waals surface area contributed by atoms with Gasteiger partial charge < -0.3 is 15.3 Å². The number of amides is 1. The van der Waals surface area contributed by atoms with Gasteiger partial charge in [-0.3, -0.25) is 9.79 Å². The summed E-state index contributed by atoms with van der Waals surface area (Å²) < 4.78 is 55.1. The van der Waals surface area contributed by atoms with Crippen LogP contribution < -0.4 is 10.2 Å². The third-order valence-electron chi connectivity index (χ3n) is 7.68. The molecule has 0 radical (unpaired) electrons. The van der Waals surface area contributed by atoms with Crippen LogP contribution in [0, 0.1) is 5.82 Å². The molecule has 11 heteroatoms. The summed E-state index contributed by atoms with van der Waals surface area (Å²) in [6.07, 6.45) is -1.57. The van der Waals surface area contributed by atoms with Gasteiger partial charge in [0.15, 0.2) is 0 Å². The minimum Gasteiger partial charge on any atom is -0.391 e. The Bertz CT molecular complexity index is 1250. The molecule has 1 aromatic carbocycles. The van der Waals surface area contributed by atoms with E-state index in [4.69, 9.17) is 4.99 Å². The standard InChI is InChI=1S/C25H25BrF4N4O2/c1-23(5-2-6-23)20-15(3-4-19(31-20)25(28,29)30)21-32-22(36)24(33-21)7-9-34(10-8-24)18-12-14(26)11-17(27)16(18)13-35/h3-4,11-12,35H,2,5-10,13H2,1H3,(H,32,33,36). The van der Waals surface area contributed by atoms with E-state index in [0.717, 1.165) is 12.5 Å². The lowest BCUT2D eigenvalue weighted by Crippen LogP contribution is -2.49. The van der Waals surface area contributed by atoms with Crippen molar-refractivity contribution >= 4 is 33.4 Å². The maximum absolute atomic E-state index is 14.4. The van der Waals surface area contributed by atoms with Crippen LogP contribution in [0.3, 0.4) is 0 Å². The maximum atomic E-state index is 14.4. The number of alkyl halides is 3. The lowest BCUT2D eigenvalue weighted by Gasteiger charge is -2.39. The molecule has 1 spiro atoms. The first-order valence-corrected chi connectivity index (χ1v) is 12.6. The van der Waals surface area contributed by atoms with Crippen LogP contribution >= 0.6 is 15.9 Å². The van der Waals surface area contributed by atoms with Gasteiger partial charge in [0.2, 0.25) is 0 Å². The summed E-state index contributed by atoms with van der Waals surface area (Å²) in [5.74, 6) is -0.570. The molecule has 0 atom stereocenters. The van der Waals surface area contributed by atoms with Gasteiger partial charge in [-0.2, -0.15) is 13.2 Å². The number of nitrogens with zero attached hydrogens (tertiary/aromatic N) is 3. The van der Waals surface area contributed by atoms with Gasteiger partial charge in [-0.15, -0.1) is 0 Å². The number of anilines is 1. The van der Waals surface area contributed by atoms with Crippen LogP contribution in [0.5, 0.6) is 0 Å². The zero-order chi connectivity index (χ0) is 25.9. The molecule has 0 bridgehead atoms. The number of pyridine rings is 1. The van der Waals surface area contributed by atoms with E-state index in [1.165, 1.54) is 12.1 Å². The van der Waals surface area contributed by atoms with Crippen molar-refractivity contribution in [1.82, 2.24) is 10.3 Å². The third-order valence-corrected chi connectivity index (χ3v) is 8.13. The van der Waals surface area contributed by atoms with E-state index in [0.29, 0.717) is 60.2 Å². The highest BCUT2D eigenvalue weighted by atomic mass is 79.9. The first-order valence-electron chi connectivity index (χ1n) is 11.8. The number of aliphatic hydroxyl groups is 1. The van der Waals surface area contributed by atoms with Gasteiger partial charge in [0.05, 0.1) is 12.3 Å². The highest BCUT2D eigenvalue weighted by molar-refractivity contribution is 9.10. The fourth-order valence-corrected chi connectivity index (χ4v) is 5.76. The molecule has 3 heterocycles. The number of carbonyl (C=O) groups is 1. The molecule has 1 aliphatic carbocycles. The van der Waals surface area contributed by atoms with Crippen molar-refractivity contribution in [3.63, 3.8) is 0 Å². The number of hydrogen-bond acceptors (Lipinski definition) is 5. The number of benzene rings is 1. The highest BCUT2D eigenvalue weighted by Crippen LogP contribution is 2.45. The van der Waals surface area contributed by atoms with Crippen LogP contribution in [0.2, 0.25) is 0 Å². The summed E-state index contributed by atoms with van der Waals surface area (Å²) >= 11 is 3.29. The van der Waals surface area contributed by atoms with Crippen molar-refractivity contribution in [2.24, 2.45) is 4.99 Å². The summed E-state index contributed by atoms with van der Waals surface area (Å²) in [5, 5.41) is 12.5. The molecule has 36 heavy (non-hydrogen) atoms. The summed E-state index contributed by atoms with van der Waals surface area (Å²) in [6.45, 7) is 2.22. The molecule has 1 saturated carbocycles. The lowest BCUT2D eigenvalue weighted by atomic mass is 9.67. The van der Waals surface area contributed by atoms with E-state index < -0.39 is 35.2 Å². The molecule has 1 saturated heterocycles. The molecule has 2 N–H and O–H groups in total. The van der Waals surface area contributed by atoms with Gasteiger partial charge in [-0.1, -0.05) is 29.3 Å². The van der Waals surface area contributed by atoms with E-state index >= 15 is 0 Å². The molecule has 2 fully saturated rings. The van der Waals surface area contributed by atoms with E-state index in [1.807, 2.05) is 11.8 Å². The van der Waals surface area contributed by atoms with Crippen LogP contribution in [0.1, 0.15) is 61.5 Å². The number of aliphatic hydroxyl groups excluding tert-OH is 1. The highest BCUT2D eigenvalue weighted by Gasteiger charge is 2.48. The molecular weight excluding hydrogens is 544 g/mol. The number of halogens is 5.